The number of nitrogens with one attached hydrogen (secondary N) is 1. The van der Waals surface area contributed by atoms with Gasteiger partial charge in [-0.3, -0.25) is 4.79 Å². The summed E-state index contributed by atoms with van der Waals surface area (Å²) in [5.74, 6) is 0.536. The van der Waals surface area contributed by atoms with Gasteiger partial charge in [0.05, 0.1) is 0 Å². The van der Waals surface area contributed by atoms with E-state index in [1.165, 1.54) is 5.56 Å². The van der Waals surface area contributed by atoms with Gasteiger partial charge in [0.1, 0.15) is 5.75 Å². The van der Waals surface area contributed by atoms with Crippen molar-refractivity contribution in [2.75, 3.05) is 11.9 Å². The third-order valence-corrected chi connectivity index (χ3v) is 4.72. The number of benzene rings is 2. The Morgan fingerprint density at radius 2 is 1.67 bits per heavy atom. The van der Waals surface area contributed by atoms with Crippen LogP contribution in [-0.2, 0) is 15.6 Å². The number of rotatable bonds is 4. The van der Waals surface area contributed by atoms with Crippen molar-refractivity contribution in [3.63, 3.8) is 0 Å². The Morgan fingerprint density at radius 1 is 1.00 bits per heavy atom. The van der Waals surface area contributed by atoms with Crippen LogP contribution in [0.3, 0.4) is 0 Å². The first-order valence-electron chi connectivity index (χ1n) is 9.22. The molecule has 0 aliphatic heterocycles. The molecule has 0 aliphatic carbocycles. The molecular weight excluding hydrogens is 358 g/mol. The first-order valence-corrected chi connectivity index (χ1v) is 9.59. The molecular formula is C23H30ClNO2. The summed E-state index contributed by atoms with van der Waals surface area (Å²) < 4.78 is 5.89. The Bertz CT molecular complexity index is 829. The van der Waals surface area contributed by atoms with Crippen molar-refractivity contribution in [3.05, 3.63) is 58.1 Å². The average Bonchev–Trinajstić information content (AvgIpc) is 2.54. The highest BCUT2D eigenvalue weighted by Crippen LogP contribution is 2.35. The summed E-state index contributed by atoms with van der Waals surface area (Å²) in [6.45, 7) is 14.9. The van der Waals surface area contributed by atoms with Gasteiger partial charge in [-0.15, -0.1) is 0 Å². The predicted octanol–water partition coefficient (Wildman–Crippen LogP) is 6.26. The number of carbonyl (C=O) groups is 1. The van der Waals surface area contributed by atoms with E-state index in [1.807, 2.05) is 19.1 Å². The Labute approximate surface area is 168 Å². The molecule has 0 fully saturated rings. The fourth-order valence-corrected chi connectivity index (χ4v) is 2.94. The van der Waals surface area contributed by atoms with Crippen LogP contribution < -0.4 is 10.1 Å². The molecule has 1 amide bonds. The summed E-state index contributed by atoms with van der Waals surface area (Å²) in [5.41, 5.74) is 3.98. The summed E-state index contributed by atoms with van der Waals surface area (Å²) in [4.78, 5) is 12.4. The zero-order valence-corrected chi connectivity index (χ0v) is 18.1. The quantitative estimate of drug-likeness (QED) is 0.672. The van der Waals surface area contributed by atoms with Crippen LogP contribution in [0, 0.1) is 6.92 Å². The molecule has 0 spiro atoms. The minimum absolute atomic E-state index is 0.0517. The molecule has 146 valence electrons. The lowest BCUT2D eigenvalue weighted by Crippen LogP contribution is -2.23. The van der Waals surface area contributed by atoms with Crippen molar-refractivity contribution in [2.24, 2.45) is 0 Å². The van der Waals surface area contributed by atoms with Gasteiger partial charge < -0.3 is 10.1 Å². The van der Waals surface area contributed by atoms with Crippen molar-refractivity contribution in [1.82, 2.24) is 0 Å². The molecule has 1 N–H and O–H groups in total. The number of carbonyl (C=O) groups excluding carboxylic acids is 1. The molecule has 0 saturated carbocycles. The van der Waals surface area contributed by atoms with Crippen LogP contribution in [0.15, 0.2) is 36.4 Å². The van der Waals surface area contributed by atoms with E-state index < -0.39 is 0 Å². The standard InChI is InChI=1S/C23H30ClNO2/c1-15-8-10-17(24)13-19(15)25-21(26)14-27-20-11-9-16(22(2,3)4)12-18(20)23(5,6)7/h8-13H,14H2,1-7H3,(H,25,26). The molecule has 0 aliphatic rings. The van der Waals surface area contributed by atoms with Crippen LogP contribution in [-0.4, -0.2) is 12.5 Å². The van der Waals surface area contributed by atoms with Gasteiger partial charge in [-0.1, -0.05) is 71.3 Å². The molecule has 3 nitrogen and oxygen atoms in total. The van der Waals surface area contributed by atoms with Crippen LogP contribution in [0.4, 0.5) is 5.69 Å². The zero-order chi connectivity index (χ0) is 20.4. The van der Waals surface area contributed by atoms with Gasteiger partial charge in [0.15, 0.2) is 6.61 Å². The van der Waals surface area contributed by atoms with Crippen molar-refractivity contribution < 1.29 is 9.53 Å². The fourth-order valence-electron chi connectivity index (χ4n) is 2.77. The Hall–Kier alpha value is -2.00. The SMILES string of the molecule is Cc1ccc(Cl)cc1NC(=O)COc1ccc(C(C)(C)C)cc1C(C)(C)C. The Balaban J connectivity index is 2.17. The number of ether oxygens (including phenoxy) is 1. The van der Waals surface area contributed by atoms with Crippen molar-refractivity contribution in [2.45, 2.75) is 59.3 Å². The second kappa shape index (κ2) is 7.93. The molecule has 0 unspecified atom stereocenters. The molecule has 0 bridgehead atoms. The molecule has 0 heterocycles. The molecule has 0 aromatic heterocycles. The van der Waals surface area contributed by atoms with E-state index in [1.54, 1.807) is 12.1 Å². The average molecular weight is 388 g/mol. The zero-order valence-electron chi connectivity index (χ0n) is 17.4. The summed E-state index contributed by atoms with van der Waals surface area (Å²) in [6, 6.07) is 11.7. The third kappa shape index (κ3) is 5.74. The largest absolute Gasteiger partial charge is 0.483 e. The first kappa shape index (κ1) is 21.3. The van der Waals surface area contributed by atoms with Crippen molar-refractivity contribution >= 4 is 23.2 Å². The number of hydrogen-bond donors (Lipinski definition) is 1. The van der Waals surface area contributed by atoms with Crippen molar-refractivity contribution in [1.29, 1.82) is 0 Å². The van der Waals surface area contributed by atoms with E-state index in [0.29, 0.717) is 10.7 Å². The number of amides is 1. The highest BCUT2D eigenvalue weighted by Gasteiger charge is 2.23. The van der Waals surface area contributed by atoms with Gasteiger partial charge in [-0.25, -0.2) is 0 Å². The highest BCUT2D eigenvalue weighted by molar-refractivity contribution is 6.31. The summed E-state index contributed by atoms with van der Waals surface area (Å²) >= 11 is 6.01. The first-order chi connectivity index (χ1) is 12.4. The van der Waals surface area contributed by atoms with E-state index in [0.717, 1.165) is 16.9 Å². The monoisotopic (exact) mass is 387 g/mol. The van der Waals surface area contributed by atoms with E-state index >= 15 is 0 Å². The smallest absolute Gasteiger partial charge is 0.262 e. The van der Waals surface area contributed by atoms with Gasteiger partial charge in [-0.2, -0.15) is 0 Å². The number of aryl methyl sites for hydroxylation is 1. The number of halogens is 1. The molecule has 0 saturated heterocycles. The lowest BCUT2D eigenvalue weighted by atomic mass is 9.80. The molecule has 2 aromatic carbocycles. The second-order valence-electron chi connectivity index (χ2n) is 9.01. The van der Waals surface area contributed by atoms with E-state index in [-0.39, 0.29) is 23.3 Å². The maximum absolute atomic E-state index is 12.4. The molecule has 0 radical (unpaired) electrons. The van der Waals surface area contributed by atoms with Gasteiger partial charge >= 0.3 is 0 Å². The number of anilines is 1. The fraction of sp³-hybridized carbons (Fsp3) is 0.435. The van der Waals surface area contributed by atoms with Crippen LogP contribution in [0.2, 0.25) is 5.02 Å². The highest BCUT2D eigenvalue weighted by atomic mass is 35.5. The van der Waals surface area contributed by atoms with Crippen molar-refractivity contribution in [3.8, 4) is 5.75 Å². The lowest BCUT2D eigenvalue weighted by Gasteiger charge is -2.27. The topological polar surface area (TPSA) is 38.3 Å². The summed E-state index contributed by atoms with van der Waals surface area (Å²) in [5, 5.41) is 3.45. The summed E-state index contributed by atoms with van der Waals surface area (Å²) in [6.07, 6.45) is 0. The Morgan fingerprint density at radius 3 is 2.26 bits per heavy atom. The van der Waals surface area contributed by atoms with Gasteiger partial charge in [-0.05, 0) is 52.6 Å². The molecule has 2 aromatic rings. The van der Waals surface area contributed by atoms with E-state index in [9.17, 15) is 4.79 Å². The minimum Gasteiger partial charge on any atom is -0.483 e. The van der Waals surface area contributed by atoms with Crippen LogP contribution in [0.1, 0.15) is 58.2 Å². The van der Waals surface area contributed by atoms with Gasteiger partial charge in [0.2, 0.25) is 0 Å². The van der Waals surface area contributed by atoms with E-state index in [2.05, 4.69) is 59.0 Å². The molecule has 0 atom stereocenters. The van der Waals surface area contributed by atoms with Gasteiger partial charge in [0, 0.05) is 10.7 Å². The van der Waals surface area contributed by atoms with Crippen LogP contribution >= 0.6 is 11.6 Å². The Kier molecular flexibility index (Phi) is 6.26. The van der Waals surface area contributed by atoms with Crippen LogP contribution in [0.5, 0.6) is 5.75 Å². The summed E-state index contributed by atoms with van der Waals surface area (Å²) in [7, 11) is 0. The normalized spacial score (nSPS) is 12.0. The lowest BCUT2D eigenvalue weighted by molar-refractivity contribution is -0.118. The minimum atomic E-state index is -0.208. The number of hydrogen-bond acceptors (Lipinski definition) is 2. The van der Waals surface area contributed by atoms with Gasteiger partial charge in [0.25, 0.3) is 5.91 Å². The maximum Gasteiger partial charge on any atom is 0.262 e. The predicted molar refractivity (Wildman–Crippen MR) is 114 cm³/mol. The molecule has 27 heavy (non-hydrogen) atoms. The maximum atomic E-state index is 12.4. The third-order valence-electron chi connectivity index (χ3n) is 4.49. The van der Waals surface area contributed by atoms with Crippen LogP contribution in [0.25, 0.3) is 0 Å². The molecule has 2 rings (SSSR count). The van der Waals surface area contributed by atoms with E-state index in [4.69, 9.17) is 16.3 Å². The second-order valence-corrected chi connectivity index (χ2v) is 9.44. The molecule has 4 heteroatoms.